The van der Waals surface area contributed by atoms with Crippen LogP contribution in [0.1, 0.15) is 41.7 Å². The fourth-order valence-electron chi connectivity index (χ4n) is 3.03. The Balaban J connectivity index is 1.83. The van der Waals surface area contributed by atoms with Crippen LogP contribution in [-0.2, 0) is 0 Å². The maximum atomic E-state index is 12.7. The lowest BCUT2D eigenvalue weighted by molar-refractivity contribution is 0.0724. The number of carbonyl (C=O) groups excluding carboxylic acids is 1. The normalized spacial score (nSPS) is 18.6. The van der Waals surface area contributed by atoms with E-state index in [0.717, 1.165) is 43.3 Å². The molecule has 1 atom stereocenters. The van der Waals surface area contributed by atoms with Crippen molar-refractivity contribution in [1.29, 1.82) is 0 Å². The zero-order chi connectivity index (χ0) is 14.8. The molecule has 0 saturated carbocycles. The summed E-state index contributed by atoms with van der Waals surface area (Å²) in [6.45, 7) is 2.89. The van der Waals surface area contributed by atoms with Gasteiger partial charge in [0.2, 0.25) is 0 Å². The summed E-state index contributed by atoms with van der Waals surface area (Å²) in [6.07, 6.45) is 5.26. The maximum Gasteiger partial charge on any atom is 0.255 e. The Morgan fingerprint density at radius 2 is 2.43 bits per heavy atom. The third kappa shape index (κ3) is 2.63. The summed E-state index contributed by atoms with van der Waals surface area (Å²) in [4.78, 5) is 18.9. The van der Waals surface area contributed by atoms with E-state index in [4.69, 9.17) is 5.11 Å². The third-order valence-electron chi connectivity index (χ3n) is 4.18. The summed E-state index contributed by atoms with van der Waals surface area (Å²) < 4.78 is 0. The maximum absolute atomic E-state index is 12.7. The number of aromatic nitrogens is 3. The van der Waals surface area contributed by atoms with Gasteiger partial charge in [0, 0.05) is 36.5 Å². The molecule has 1 unspecified atom stereocenters. The number of nitrogens with one attached hydrogen (secondary N) is 1. The molecule has 112 valence electrons. The zero-order valence-corrected chi connectivity index (χ0v) is 12.2. The van der Waals surface area contributed by atoms with E-state index in [-0.39, 0.29) is 18.6 Å². The average Bonchev–Trinajstić information content (AvgIpc) is 3.11. The Bertz CT molecular complexity index is 652. The van der Waals surface area contributed by atoms with Gasteiger partial charge in [-0.1, -0.05) is 0 Å². The Kier molecular flexibility index (Phi) is 3.88. The van der Waals surface area contributed by atoms with E-state index in [1.54, 1.807) is 6.20 Å². The number of pyridine rings is 1. The van der Waals surface area contributed by atoms with Crippen LogP contribution < -0.4 is 0 Å². The third-order valence-corrected chi connectivity index (χ3v) is 4.18. The number of aromatic amines is 1. The molecule has 0 spiro atoms. The van der Waals surface area contributed by atoms with Crippen molar-refractivity contribution >= 4 is 16.9 Å². The highest BCUT2D eigenvalue weighted by atomic mass is 16.3. The number of aryl methyl sites for hydroxylation is 1. The summed E-state index contributed by atoms with van der Waals surface area (Å²) in [5.41, 5.74) is 2.18. The molecule has 0 aromatic carbocycles. The van der Waals surface area contributed by atoms with Gasteiger partial charge in [0.15, 0.2) is 5.65 Å². The smallest absolute Gasteiger partial charge is 0.255 e. The first-order valence-electron chi connectivity index (χ1n) is 7.43. The van der Waals surface area contributed by atoms with Crippen LogP contribution in [-0.4, -0.2) is 50.3 Å². The molecule has 6 heteroatoms. The SMILES string of the molecule is Cc1[nH]nc2ncc(C(=O)N3CCCC3CCCO)cc12. The number of fused-ring (bicyclic) bond motifs is 1. The van der Waals surface area contributed by atoms with Gasteiger partial charge in [0.25, 0.3) is 5.91 Å². The lowest BCUT2D eigenvalue weighted by Crippen LogP contribution is -2.35. The highest BCUT2D eigenvalue weighted by Gasteiger charge is 2.29. The molecule has 0 radical (unpaired) electrons. The predicted molar refractivity (Wildman–Crippen MR) is 79.0 cm³/mol. The van der Waals surface area contributed by atoms with Crippen molar-refractivity contribution < 1.29 is 9.90 Å². The standard InChI is InChI=1S/C15H20N4O2/c1-10-13-8-11(9-16-14(13)18-17-10)15(21)19-6-2-4-12(19)5-3-7-20/h8-9,12,20H,2-7H2,1H3,(H,16,17,18). The van der Waals surface area contributed by atoms with Crippen LogP contribution >= 0.6 is 0 Å². The van der Waals surface area contributed by atoms with Crippen LogP contribution in [0, 0.1) is 6.92 Å². The van der Waals surface area contributed by atoms with Crippen LogP contribution in [0.3, 0.4) is 0 Å². The number of nitrogens with zero attached hydrogens (tertiary/aromatic N) is 3. The van der Waals surface area contributed by atoms with Crippen molar-refractivity contribution in [1.82, 2.24) is 20.1 Å². The van der Waals surface area contributed by atoms with Gasteiger partial charge in [0.05, 0.1) is 5.56 Å². The van der Waals surface area contributed by atoms with Crippen molar-refractivity contribution in [2.24, 2.45) is 0 Å². The van der Waals surface area contributed by atoms with Crippen molar-refractivity contribution in [2.75, 3.05) is 13.2 Å². The summed E-state index contributed by atoms with van der Waals surface area (Å²) >= 11 is 0. The number of hydrogen-bond donors (Lipinski definition) is 2. The molecule has 6 nitrogen and oxygen atoms in total. The highest BCUT2D eigenvalue weighted by Crippen LogP contribution is 2.24. The minimum Gasteiger partial charge on any atom is -0.396 e. The van der Waals surface area contributed by atoms with Crippen molar-refractivity contribution in [3.8, 4) is 0 Å². The van der Waals surface area contributed by atoms with Gasteiger partial charge in [-0.15, -0.1) is 0 Å². The molecule has 1 saturated heterocycles. The van der Waals surface area contributed by atoms with Crippen LogP contribution in [0.4, 0.5) is 0 Å². The second-order valence-electron chi connectivity index (χ2n) is 5.60. The molecule has 3 heterocycles. The quantitative estimate of drug-likeness (QED) is 0.896. The summed E-state index contributed by atoms with van der Waals surface area (Å²) in [5.74, 6) is 0.0328. The summed E-state index contributed by atoms with van der Waals surface area (Å²) in [6, 6.07) is 2.11. The predicted octanol–water partition coefficient (Wildman–Crippen LogP) is 1.64. The molecule has 1 aliphatic heterocycles. The van der Waals surface area contributed by atoms with Gasteiger partial charge in [-0.3, -0.25) is 9.89 Å². The number of hydrogen-bond acceptors (Lipinski definition) is 4. The van der Waals surface area contributed by atoms with Gasteiger partial charge in [0.1, 0.15) is 0 Å². The van der Waals surface area contributed by atoms with E-state index < -0.39 is 0 Å². The van der Waals surface area contributed by atoms with Crippen LogP contribution in [0.5, 0.6) is 0 Å². The molecule has 2 aromatic heterocycles. The number of rotatable bonds is 4. The van der Waals surface area contributed by atoms with Crippen molar-refractivity contribution in [2.45, 2.75) is 38.6 Å². The largest absolute Gasteiger partial charge is 0.396 e. The first kappa shape index (κ1) is 14.0. The molecule has 21 heavy (non-hydrogen) atoms. The second-order valence-corrected chi connectivity index (χ2v) is 5.60. The topological polar surface area (TPSA) is 82.1 Å². The molecule has 3 rings (SSSR count). The molecule has 0 aliphatic carbocycles. The van der Waals surface area contributed by atoms with Crippen molar-refractivity contribution in [3.05, 3.63) is 23.5 Å². The van der Waals surface area contributed by atoms with E-state index in [2.05, 4.69) is 15.2 Å². The van der Waals surface area contributed by atoms with Crippen molar-refractivity contribution in [3.63, 3.8) is 0 Å². The van der Waals surface area contributed by atoms with E-state index in [1.807, 2.05) is 17.9 Å². The number of amides is 1. The van der Waals surface area contributed by atoms with Gasteiger partial charge in [-0.05, 0) is 38.7 Å². The van der Waals surface area contributed by atoms with Crippen LogP contribution in [0.2, 0.25) is 0 Å². The van der Waals surface area contributed by atoms with E-state index in [0.29, 0.717) is 11.2 Å². The average molecular weight is 288 g/mol. The number of likely N-dealkylation sites (tertiary alicyclic amines) is 1. The van der Waals surface area contributed by atoms with Gasteiger partial charge in [-0.25, -0.2) is 4.98 Å². The molecule has 2 N–H and O–H groups in total. The lowest BCUT2D eigenvalue weighted by Gasteiger charge is -2.24. The zero-order valence-electron chi connectivity index (χ0n) is 12.2. The number of carbonyl (C=O) groups is 1. The molecule has 2 aromatic rings. The molecule has 1 aliphatic rings. The Morgan fingerprint density at radius 1 is 1.57 bits per heavy atom. The minimum absolute atomic E-state index is 0.0328. The lowest BCUT2D eigenvalue weighted by atomic mass is 10.1. The second kappa shape index (κ2) is 5.81. The van der Waals surface area contributed by atoms with E-state index in [9.17, 15) is 4.79 Å². The minimum atomic E-state index is 0.0328. The fourth-order valence-corrected chi connectivity index (χ4v) is 3.03. The van der Waals surface area contributed by atoms with E-state index >= 15 is 0 Å². The Morgan fingerprint density at radius 3 is 3.24 bits per heavy atom. The first-order chi connectivity index (χ1) is 10.2. The molecular formula is C15H20N4O2. The first-order valence-corrected chi connectivity index (χ1v) is 7.43. The van der Waals surface area contributed by atoms with Gasteiger partial charge < -0.3 is 10.0 Å². The Labute approximate surface area is 123 Å². The van der Waals surface area contributed by atoms with Crippen LogP contribution in [0.25, 0.3) is 11.0 Å². The molecule has 1 amide bonds. The van der Waals surface area contributed by atoms with E-state index in [1.165, 1.54) is 0 Å². The molecule has 0 bridgehead atoms. The van der Waals surface area contributed by atoms with Crippen LogP contribution in [0.15, 0.2) is 12.3 Å². The molecule has 1 fully saturated rings. The Hall–Kier alpha value is -1.95. The monoisotopic (exact) mass is 288 g/mol. The summed E-state index contributed by atoms with van der Waals surface area (Å²) in [7, 11) is 0. The van der Waals surface area contributed by atoms with Gasteiger partial charge >= 0.3 is 0 Å². The molecular weight excluding hydrogens is 268 g/mol. The highest BCUT2D eigenvalue weighted by molar-refractivity contribution is 5.97. The summed E-state index contributed by atoms with van der Waals surface area (Å²) in [5, 5.41) is 16.8. The number of aliphatic hydroxyl groups is 1. The van der Waals surface area contributed by atoms with Gasteiger partial charge in [-0.2, -0.15) is 5.10 Å². The fraction of sp³-hybridized carbons (Fsp3) is 0.533. The number of H-pyrrole nitrogens is 1. The number of aliphatic hydroxyl groups excluding tert-OH is 1.